The van der Waals surface area contributed by atoms with Crippen LogP contribution in [0.3, 0.4) is 0 Å². The highest BCUT2D eigenvalue weighted by Gasteiger charge is 2.08. The van der Waals surface area contributed by atoms with E-state index in [0.29, 0.717) is 0 Å². The number of nitrogens with zero attached hydrogens (tertiary/aromatic N) is 2. The molecule has 0 heterocycles. The third-order valence-corrected chi connectivity index (χ3v) is 2.91. The van der Waals surface area contributed by atoms with E-state index in [1.807, 2.05) is 0 Å². The van der Waals surface area contributed by atoms with Crippen LogP contribution >= 0.6 is 12.2 Å². The number of hydrazone groups is 1. The molecule has 0 aliphatic rings. The Morgan fingerprint density at radius 1 is 1.35 bits per heavy atom. The number of benzene rings is 2. The van der Waals surface area contributed by atoms with E-state index >= 15 is 0 Å². The van der Waals surface area contributed by atoms with Crippen molar-refractivity contribution < 1.29 is 14.4 Å². The van der Waals surface area contributed by atoms with Crippen LogP contribution in [-0.4, -0.2) is 21.4 Å². The molecule has 2 aromatic carbocycles. The molecule has 0 spiro atoms. The number of rotatable bonds is 4. The number of nitro benzene ring substituents is 1. The van der Waals surface area contributed by atoms with Gasteiger partial charge in [-0.05, 0) is 30.4 Å². The maximum Gasteiger partial charge on any atom is 0.270 e. The molecule has 0 radical (unpaired) electrons. The number of anilines is 1. The van der Waals surface area contributed by atoms with E-state index in [2.05, 4.69) is 15.8 Å². The first-order valence-electron chi connectivity index (χ1n) is 6.29. The van der Waals surface area contributed by atoms with Gasteiger partial charge in [0.05, 0.1) is 16.8 Å². The van der Waals surface area contributed by atoms with Gasteiger partial charge in [0, 0.05) is 17.7 Å². The maximum absolute atomic E-state index is 13.4. The van der Waals surface area contributed by atoms with Crippen molar-refractivity contribution in [3.05, 3.63) is 64.0 Å². The Morgan fingerprint density at radius 3 is 2.78 bits per heavy atom. The third kappa shape index (κ3) is 4.45. The van der Waals surface area contributed by atoms with Gasteiger partial charge >= 0.3 is 0 Å². The lowest BCUT2D eigenvalue weighted by Gasteiger charge is -2.07. The average molecular weight is 334 g/mol. The molecule has 9 heteroatoms. The molecule has 0 saturated heterocycles. The Morgan fingerprint density at radius 2 is 2.09 bits per heavy atom. The van der Waals surface area contributed by atoms with E-state index in [9.17, 15) is 19.6 Å². The SMILES string of the molecule is O=[N+]([O-])c1ccc(O)c(/C=N\NC(=S)Nc2ccccc2F)c1. The van der Waals surface area contributed by atoms with Crippen LogP contribution < -0.4 is 10.7 Å². The van der Waals surface area contributed by atoms with Gasteiger partial charge < -0.3 is 10.4 Å². The van der Waals surface area contributed by atoms with Crippen molar-refractivity contribution >= 4 is 34.9 Å². The van der Waals surface area contributed by atoms with E-state index in [1.165, 1.54) is 24.3 Å². The second-order valence-electron chi connectivity index (χ2n) is 4.30. The van der Waals surface area contributed by atoms with Crippen molar-refractivity contribution in [1.29, 1.82) is 0 Å². The number of phenols is 1. The fourth-order valence-corrected chi connectivity index (χ4v) is 1.79. The molecule has 0 bridgehead atoms. The number of aromatic hydroxyl groups is 1. The predicted molar refractivity (Wildman–Crippen MR) is 88.1 cm³/mol. The molecule has 0 atom stereocenters. The first-order valence-corrected chi connectivity index (χ1v) is 6.70. The first kappa shape index (κ1) is 16.3. The Kier molecular flexibility index (Phi) is 5.15. The summed E-state index contributed by atoms with van der Waals surface area (Å²) in [5.74, 6) is -0.647. The number of thiocarbonyl (C=S) groups is 1. The molecule has 23 heavy (non-hydrogen) atoms. The van der Waals surface area contributed by atoms with E-state index < -0.39 is 10.7 Å². The molecule has 118 valence electrons. The van der Waals surface area contributed by atoms with Gasteiger partial charge in [0.25, 0.3) is 5.69 Å². The number of nitrogens with one attached hydrogen (secondary N) is 2. The normalized spacial score (nSPS) is 10.5. The lowest BCUT2D eigenvalue weighted by atomic mass is 10.2. The monoisotopic (exact) mass is 334 g/mol. The summed E-state index contributed by atoms with van der Waals surface area (Å²) in [6.07, 6.45) is 1.16. The number of nitro groups is 1. The smallest absolute Gasteiger partial charge is 0.270 e. The molecule has 0 amide bonds. The summed E-state index contributed by atoms with van der Waals surface area (Å²) in [6, 6.07) is 9.47. The fourth-order valence-electron chi connectivity index (χ4n) is 1.63. The average Bonchev–Trinajstić information content (AvgIpc) is 2.51. The van der Waals surface area contributed by atoms with E-state index in [4.69, 9.17) is 12.2 Å². The molecular weight excluding hydrogens is 323 g/mol. The van der Waals surface area contributed by atoms with Crippen LogP contribution in [-0.2, 0) is 0 Å². The molecule has 0 saturated carbocycles. The number of para-hydroxylation sites is 1. The van der Waals surface area contributed by atoms with Crippen LogP contribution in [0.1, 0.15) is 5.56 Å². The highest BCUT2D eigenvalue weighted by molar-refractivity contribution is 7.80. The quantitative estimate of drug-likeness (QED) is 0.344. The summed E-state index contributed by atoms with van der Waals surface area (Å²) in [7, 11) is 0. The minimum atomic E-state index is -0.589. The Balaban J connectivity index is 2.01. The van der Waals surface area contributed by atoms with Crippen LogP contribution in [0, 0.1) is 15.9 Å². The molecule has 0 fully saturated rings. The maximum atomic E-state index is 13.4. The minimum Gasteiger partial charge on any atom is -0.507 e. The molecule has 0 aliphatic heterocycles. The van der Waals surface area contributed by atoms with Crippen molar-refractivity contribution in [2.45, 2.75) is 0 Å². The number of phenolic OH excluding ortho intramolecular Hbond substituents is 1. The topological polar surface area (TPSA) is 99.8 Å². The largest absolute Gasteiger partial charge is 0.507 e. The number of non-ortho nitro benzene ring substituents is 1. The van der Waals surface area contributed by atoms with Gasteiger partial charge in [-0.3, -0.25) is 15.5 Å². The van der Waals surface area contributed by atoms with Crippen molar-refractivity contribution in [3.8, 4) is 5.75 Å². The molecule has 2 aromatic rings. The van der Waals surface area contributed by atoms with Crippen molar-refractivity contribution in [2.24, 2.45) is 5.10 Å². The summed E-state index contributed by atoms with van der Waals surface area (Å²) in [5.41, 5.74) is 2.56. The van der Waals surface area contributed by atoms with Crippen LogP contribution in [0.2, 0.25) is 0 Å². The Labute approximate surface area is 135 Å². The van der Waals surface area contributed by atoms with Crippen molar-refractivity contribution in [1.82, 2.24) is 5.43 Å². The second-order valence-corrected chi connectivity index (χ2v) is 4.71. The summed E-state index contributed by atoms with van der Waals surface area (Å²) in [4.78, 5) is 10.1. The zero-order valence-electron chi connectivity index (χ0n) is 11.6. The zero-order valence-corrected chi connectivity index (χ0v) is 12.4. The lowest BCUT2D eigenvalue weighted by Crippen LogP contribution is -2.24. The molecule has 0 aliphatic carbocycles. The van der Waals surface area contributed by atoms with Crippen LogP contribution in [0.4, 0.5) is 15.8 Å². The first-order chi connectivity index (χ1) is 11.0. The van der Waals surface area contributed by atoms with Crippen molar-refractivity contribution in [2.75, 3.05) is 5.32 Å². The Hall–Kier alpha value is -3.07. The van der Waals surface area contributed by atoms with Gasteiger partial charge in [-0.25, -0.2) is 4.39 Å². The number of hydrogen-bond acceptors (Lipinski definition) is 5. The predicted octanol–water partition coefficient (Wildman–Crippen LogP) is 2.76. The van der Waals surface area contributed by atoms with E-state index in [1.54, 1.807) is 12.1 Å². The van der Waals surface area contributed by atoms with Gasteiger partial charge in [-0.1, -0.05) is 12.1 Å². The van der Waals surface area contributed by atoms with Crippen LogP contribution in [0.15, 0.2) is 47.6 Å². The fraction of sp³-hybridized carbons (Fsp3) is 0. The molecule has 2 rings (SSSR count). The number of halogens is 1. The zero-order chi connectivity index (χ0) is 16.8. The van der Waals surface area contributed by atoms with Crippen LogP contribution in [0.5, 0.6) is 5.75 Å². The van der Waals surface area contributed by atoms with E-state index in [-0.39, 0.29) is 27.8 Å². The number of hydrogen-bond donors (Lipinski definition) is 3. The van der Waals surface area contributed by atoms with Crippen LogP contribution in [0.25, 0.3) is 0 Å². The van der Waals surface area contributed by atoms with Gasteiger partial charge in [0.2, 0.25) is 0 Å². The van der Waals surface area contributed by atoms with Gasteiger partial charge in [0.1, 0.15) is 11.6 Å². The summed E-state index contributed by atoms with van der Waals surface area (Å²) in [5, 5.41) is 26.7. The second kappa shape index (κ2) is 7.27. The highest BCUT2D eigenvalue weighted by Crippen LogP contribution is 2.21. The molecular formula is C14H11FN4O3S. The molecule has 0 unspecified atom stereocenters. The lowest BCUT2D eigenvalue weighted by molar-refractivity contribution is -0.384. The molecule has 3 N–H and O–H groups in total. The standard InChI is InChI=1S/C14H11FN4O3S/c15-11-3-1-2-4-12(11)17-14(23)18-16-8-9-7-10(19(21)22)5-6-13(9)20/h1-8,20H,(H2,17,18,23)/b16-8-. The molecule has 0 aromatic heterocycles. The molecule has 7 nitrogen and oxygen atoms in total. The summed E-state index contributed by atoms with van der Waals surface area (Å²) >= 11 is 4.94. The van der Waals surface area contributed by atoms with E-state index in [0.717, 1.165) is 12.3 Å². The van der Waals surface area contributed by atoms with Crippen molar-refractivity contribution in [3.63, 3.8) is 0 Å². The van der Waals surface area contributed by atoms with Gasteiger partial charge in [-0.2, -0.15) is 5.10 Å². The van der Waals surface area contributed by atoms with Gasteiger partial charge in [-0.15, -0.1) is 0 Å². The summed E-state index contributed by atoms with van der Waals surface area (Å²) in [6.45, 7) is 0. The third-order valence-electron chi connectivity index (χ3n) is 2.71. The van der Waals surface area contributed by atoms with Gasteiger partial charge in [0.15, 0.2) is 5.11 Å². The Bertz CT molecular complexity index is 782. The summed E-state index contributed by atoms with van der Waals surface area (Å²) < 4.78 is 13.4. The highest BCUT2D eigenvalue weighted by atomic mass is 32.1. The minimum absolute atomic E-state index is 0.0243.